The van der Waals surface area contributed by atoms with Gasteiger partial charge in [-0.15, -0.1) is 0 Å². The molecule has 0 aliphatic rings. The highest BCUT2D eigenvalue weighted by Gasteiger charge is 2.21. The zero-order chi connectivity index (χ0) is 12.9. The minimum absolute atomic E-state index is 0.00476. The van der Waals surface area contributed by atoms with Gasteiger partial charge in [-0.05, 0) is 18.6 Å². The van der Waals surface area contributed by atoms with Crippen LogP contribution in [0.4, 0.5) is 5.69 Å². The molecule has 0 radical (unpaired) electrons. The number of carbonyl (C=O) groups excluding carboxylic acids is 1. The van der Waals surface area contributed by atoms with Gasteiger partial charge < -0.3 is 10.1 Å². The molecule has 0 bridgehead atoms. The van der Waals surface area contributed by atoms with E-state index in [0.717, 1.165) is 17.9 Å². The maximum Gasteiger partial charge on any atom is 0.229 e. The van der Waals surface area contributed by atoms with Crippen LogP contribution in [0.15, 0.2) is 24.3 Å². The standard InChI is InChI=1S/C14H21NO2/c1-5-9-17-12-8-6-7-11(10-12)15-13(16)14(2,3)4/h6-8,10H,5,9H2,1-4H3,(H,15,16). The highest BCUT2D eigenvalue weighted by molar-refractivity contribution is 5.94. The number of anilines is 1. The van der Waals surface area contributed by atoms with Crippen molar-refractivity contribution in [2.75, 3.05) is 11.9 Å². The Morgan fingerprint density at radius 3 is 2.65 bits per heavy atom. The Hall–Kier alpha value is -1.51. The summed E-state index contributed by atoms with van der Waals surface area (Å²) in [5.41, 5.74) is 0.388. The number of hydrogen-bond donors (Lipinski definition) is 1. The first-order valence-corrected chi connectivity index (χ1v) is 5.98. The zero-order valence-corrected chi connectivity index (χ0v) is 11.0. The van der Waals surface area contributed by atoms with Crippen LogP contribution in [0.1, 0.15) is 34.1 Å². The lowest BCUT2D eigenvalue weighted by Crippen LogP contribution is -2.27. The van der Waals surface area contributed by atoms with Crippen LogP contribution in [0.5, 0.6) is 5.75 Å². The number of carbonyl (C=O) groups is 1. The second-order valence-electron chi connectivity index (χ2n) is 5.08. The molecule has 0 aromatic heterocycles. The maximum atomic E-state index is 11.8. The van der Waals surface area contributed by atoms with Gasteiger partial charge in [-0.2, -0.15) is 0 Å². The summed E-state index contributed by atoms with van der Waals surface area (Å²) < 4.78 is 5.51. The van der Waals surface area contributed by atoms with Gasteiger partial charge in [0.2, 0.25) is 5.91 Å². The lowest BCUT2D eigenvalue weighted by molar-refractivity contribution is -0.123. The quantitative estimate of drug-likeness (QED) is 0.868. The fraction of sp³-hybridized carbons (Fsp3) is 0.500. The lowest BCUT2D eigenvalue weighted by Gasteiger charge is -2.18. The Morgan fingerprint density at radius 1 is 1.35 bits per heavy atom. The van der Waals surface area contributed by atoms with E-state index >= 15 is 0 Å². The van der Waals surface area contributed by atoms with Crippen LogP contribution < -0.4 is 10.1 Å². The Bertz CT molecular complexity index is 380. The van der Waals surface area contributed by atoms with E-state index in [1.54, 1.807) is 0 Å². The summed E-state index contributed by atoms with van der Waals surface area (Å²) in [7, 11) is 0. The van der Waals surface area contributed by atoms with Gasteiger partial charge in [0.05, 0.1) is 6.61 Å². The number of hydrogen-bond acceptors (Lipinski definition) is 2. The fourth-order valence-corrected chi connectivity index (χ4v) is 1.20. The van der Waals surface area contributed by atoms with Crippen LogP contribution in [-0.2, 0) is 4.79 Å². The fourth-order valence-electron chi connectivity index (χ4n) is 1.20. The molecule has 0 spiro atoms. The molecule has 0 unspecified atom stereocenters. The van der Waals surface area contributed by atoms with Crippen molar-refractivity contribution in [3.05, 3.63) is 24.3 Å². The van der Waals surface area contributed by atoms with Gasteiger partial charge in [-0.25, -0.2) is 0 Å². The van der Waals surface area contributed by atoms with Crippen LogP contribution in [-0.4, -0.2) is 12.5 Å². The van der Waals surface area contributed by atoms with Crippen molar-refractivity contribution < 1.29 is 9.53 Å². The van der Waals surface area contributed by atoms with Gasteiger partial charge in [-0.3, -0.25) is 4.79 Å². The molecule has 1 aromatic carbocycles. The van der Waals surface area contributed by atoms with E-state index in [4.69, 9.17) is 4.74 Å². The summed E-state index contributed by atoms with van der Waals surface area (Å²) >= 11 is 0. The third-order valence-corrected chi connectivity index (χ3v) is 2.25. The van der Waals surface area contributed by atoms with Crippen LogP contribution >= 0.6 is 0 Å². The molecule has 1 aromatic rings. The van der Waals surface area contributed by atoms with Gasteiger partial charge in [-0.1, -0.05) is 33.8 Å². The molecule has 0 saturated heterocycles. The molecular formula is C14H21NO2. The minimum Gasteiger partial charge on any atom is -0.494 e. The molecule has 0 aliphatic heterocycles. The first-order chi connectivity index (χ1) is 7.93. The lowest BCUT2D eigenvalue weighted by atomic mass is 9.95. The number of rotatable bonds is 4. The summed E-state index contributed by atoms with van der Waals surface area (Å²) in [6.45, 7) is 8.42. The Morgan fingerprint density at radius 2 is 2.06 bits per heavy atom. The number of ether oxygens (including phenoxy) is 1. The Labute approximate surface area is 103 Å². The minimum atomic E-state index is -0.389. The normalized spacial score (nSPS) is 11.1. The van der Waals surface area contributed by atoms with Crippen molar-refractivity contribution in [2.45, 2.75) is 34.1 Å². The third-order valence-electron chi connectivity index (χ3n) is 2.25. The largest absolute Gasteiger partial charge is 0.494 e. The van der Waals surface area contributed by atoms with E-state index in [9.17, 15) is 4.79 Å². The molecule has 94 valence electrons. The van der Waals surface area contributed by atoms with Crippen LogP contribution in [0.2, 0.25) is 0 Å². The molecule has 0 heterocycles. The predicted molar refractivity (Wildman–Crippen MR) is 70.3 cm³/mol. The van der Waals surface area contributed by atoms with Crippen molar-refractivity contribution in [2.24, 2.45) is 5.41 Å². The number of amides is 1. The summed E-state index contributed by atoms with van der Waals surface area (Å²) in [4.78, 5) is 11.8. The molecule has 3 nitrogen and oxygen atoms in total. The first-order valence-electron chi connectivity index (χ1n) is 5.98. The molecule has 1 rings (SSSR count). The molecule has 0 fully saturated rings. The van der Waals surface area contributed by atoms with Crippen LogP contribution in [0.25, 0.3) is 0 Å². The molecule has 0 atom stereocenters. The SMILES string of the molecule is CCCOc1cccc(NC(=O)C(C)(C)C)c1. The average Bonchev–Trinajstić information content (AvgIpc) is 2.25. The second kappa shape index (κ2) is 5.71. The van der Waals surface area contributed by atoms with Gasteiger partial charge in [0.15, 0.2) is 0 Å². The molecular weight excluding hydrogens is 214 g/mol. The molecule has 3 heteroatoms. The topological polar surface area (TPSA) is 38.3 Å². The molecule has 1 amide bonds. The van der Waals surface area contributed by atoms with E-state index in [-0.39, 0.29) is 11.3 Å². The first kappa shape index (κ1) is 13.6. The molecule has 1 N–H and O–H groups in total. The molecule has 17 heavy (non-hydrogen) atoms. The highest BCUT2D eigenvalue weighted by Crippen LogP contribution is 2.21. The van der Waals surface area contributed by atoms with Crippen molar-refractivity contribution in [3.8, 4) is 5.75 Å². The third kappa shape index (κ3) is 4.47. The van der Waals surface area contributed by atoms with E-state index in [0.29, 0.717) is 6.61 Å². The number of benzene rings is 1. The second-order valence-corrected chi connectivity index (χ2v) is 5.08. The summed E-state index contributed by atoms with van der Waals surface area (Å²) in [5, 5.41) is 2.88. The molecule has 0 saturated carbocycles. The summed E-state index contributed by atoms with van der Waals surface area (Å²) in [5.74, 6) is 0.795. The number of nitrogens with one attached hydrogen (secondary N) is 1. The molecule has 0 aliphatic carbocycles. The Balaban J connectivity index is 2.69. The van der Waals surface area contributed by atoms with Crippen molar-refractivity contribution in [1.82, 2.24) is 0 Å². The van der Waals surface area contributed by atoms with Gasteiger partial charge in [0, 0.05) is 17.2 Å². The Kier molecular flexibility index (Phi) is 4.55. The van der Waals surface area contributed by atoms with Gasteiger partial charge >= 0.3 is 0 Å². The summed E-state index contributed by atoms with van der Waals surface area (Å²) in [6.07, 6.45) is 0.971. The average molecular weight is 235 g/mol. The van der Waals surface area contributed by atoms with Gasteiger partial charge in [0.1, 0.15) is 5.75 Å². The predicted octanol–water partition coefficient (Wildman–Crippen LogP) is 3.46. The van der Waals surface area contributed by atoms with Crippen molar-refractivity contribution >= 4 is 11.6 Å². The van der Waals surface area contributed by atoms with E-state index < -0.39 is 0 Å². The van der Waals surface area contributed by atoms with Crippen LogP contribution in [0, 0.1) is 5.41 Å². The van der Waals surface area contributed by atoms with E-state index in [1.807, 2.05) is 45.0 Å². The van der Waals surface area contributed by atoms with Crippen molar-refractivity contribution in [3.63, 3.8) is 0 Å². The van der Waals surface area contributed by atoms with Gasteiger partial charge in [0.25, 0.3) is 0 Å². The highest BCUT2D eigenvalue weighted by atomic mass is 16.5. The maximum absolute atomic E-state index is 11.8. The van der Waals surface area contributed by atoms with E-state index in [1.165, 1.54) is 0 Å². The monoisotopic (exact) mass is 235 g/mol. The summed E-state index contributed by atoms with van der Waals surface area (Å²) in [6, 6.07) is 7.48. The smallest absolute Gasteiger partial charge is 0.229 e. The van der Waals surface area contributed by atoms with Crippen LogP contribution in [0.3, 0.4) is 0 Å². The van der Waals surface area contributed by atoms with E-state index in [2.05, 4.69) is 12.2 Å². The zero-order valence-electron chi connectivity index (χ0n) is 11.0. The van der Waals surface area contributed by atoms with Crippen molar-refractivity contribution in [1.29, 1.82) is 0 Å².